The van der Waals surface area contributed by atoms with Gasteiger partial charge in [-0.05, 0) is 42.9 Å². The van der Waals surface area contributed by atoms with Crippen LogP contribution in [0.2, 0.25) is 10.0 Å². The predicted octanol–water partition coefficient (Wildman–Crippen LogP) is 6.34. The fourth-order valence-corrected chi connectivity index (χ4v) is 5.61. The van der Waals surface area contributed by atoms with Crippen molar-refractivity contribution in [2.75, 3.05) is 43.5 Å². The summed E-state index contributed by atoms with van der Waals surface area (Å²) >= 11 is 19.4. The number of aryl methyl sites for hydroxylation is 1. The molecule has 0 unspecified atom stereocenters. The van der Waals surface area contributed by atoms with Gasteiger partial charge in [-0.3, -0.25) is 0 Å². The van der Waals surface area contributed by atoms with Crippen LogP contribution in [0.15, 0.2) is 48.5 Å². The van der Waals surface area contributed by atoms with Crippen LogP contribution < -0.4 is 10.2 Å². The van der Waals surface area contributed by atoms with E-state index < -0.39 is 0 Å². The minimum absolute atomic E-state index is 0.382. The lowest BCUT2D eigenvalue weighted by molar-refractivity contribution is 0.0603. The maximum absolute atomic E-state index is 12.7. The van der Waals surface area contributed by atoms with Crippen molar-refractivity contribution < 1.29 is 9.53 Å². The molecule has 0 amide bonds. The van der Waals surface area contributed by atoms with Crippen LogP contribution in [0.4, 0.5) is 10.7 Å². The van der Waals surface area contributed by atoms with Gasteiger partial charge in [-0.1, -0.05) is 53.5 Å². The van der Waals surface area contributed by atoms with Gasteiger partial charge in [0.25, 0.3) is 0 Å². The van der Waals surface area contributed by atoms with Crippen LogP contribution in [-0.4, -0.2) is 49.3 Å². The number of nitrogens with zero attached hydrogens (tertiary/aromatic N) is 2. The molecule has 1 aromatic heterocycles. The summed E-state index contributed by atoms with van der Waals surface area (Å²) in [4.78, 5) is 18.1. The molecule has 0 spiro atoms. The Morgan fingerprint density at radius 1 is 1.06 bits per heavy atom. The number of anilines is 2. The van der Waals surface area contributed by atoms with Gasteiger partial charge in [0.15, 0.2) is 5.11 Å². The molecule has 5 nitrogen and oxygen atoms in total. The number of halogens is 2. The van der Waals surface area contributed by atoms with Crippen molar-refractivity contribution in [3.63, 3.8) is 0 Å². The Labute approximate surface area is 212 Å². The molecule has 172 valence electrons. The molecule has 0 atom stereocenters. The molecular formula is C24H23Cl2N3O2S2. The lowest BCUT2D eigenvalue weighted by Crippen LogP contribution is -2.50. The van der Waals surface area contributed by atoms with Crippen molar-refractivity contribution in [3.8, 4) is 11.1 Å². The van der Waals surface area contributed by atoms with Gasteiger partial charge in [0.1, 0.15) is 10.6 Å². The first-order valence-corrected chi connectivity index (χ1v) is 12.4. The Morgan fingerprint density at radius 3 is 2.39 bits per heavy atom. The van der Waals surface area contributed by atoms with Crippen molar-refractivity contribution in [2.45, 2.75) is 6.92 Å². The number of benzene rings is 2. The third-order valence-electron chi connectivity index (χ3n) is 5.59. The fraction of sp³-hybridized carbons (Fsp3) is 0.250. The smallest absolute Gasteiger partial charge is 0.341 e. The first-order valence-electron chi connectivity index (χ1n) is 10.4. The number of carbonyl (C=O) groups excluding carboxylic acids is 1. The zero-order valence-corrected chi connectivity index (χ0v) is 21.4. The van der Waals surface area contributed by atoms with E-state index in [1.165, 1.54) is 18.4 Å². The zero-order chi connectivity index (χ0) is 23.5. The molecule has 1 N–H and O–H groups in total. The monoisotopic (exact) mass is 519 g/mol. The standard InChI is InChI=1S/C24H23Cl2N3O2S2/c1-15-20(16-6-4-3-5-7-16)21(23(30)31-2)22(33-15)27-24(32)29-12-10-28(11-13-29)17-8-9-18(25)19(26)14-17/h3-9,14H,10-13H2,1-2H3,(H,27,32). The number of thiophene rings is 1. The fourth-order valence-electron chi connectivity index (χ4n) is 3.91. The summed E-state index contributed by atoms with van der Waals surface area (Å²) in [6, 6.07) is 15.5. The van der Waals surface area contributed by atoms with Crippen LogP contribution in [-0.2, 0) is 4.74 Å². The highest BCUT2D eigenvalue weighted by Gasteiger charge is 2.26. The number of esters is 1. The zero-order valence-electron chi connectivity index (χ0n) is 18.2. The molecule has 1 fully saturated rings. The lowest BCUT2D eigenvalue weighted by Gasteiger charge is -2.37. The van der Waals surface area contributed by atoms with E-state index in [-0.39, 0.29) is 5.97 Å². The van der Waals surface area contributed by atoms with E-state index in [1.807, 2.05) is 55.5 Å². The van der Waals surface area contributed by atoms with Gasteiger partial charge in [0, 0.05) is 42.3 Å². The molecule has 1 saturated heterocycles. The molecule has 2 heterocycles. The molecule has 0 bridgehead atoms. The quantitative estimate of drug-likeness (QED) is 0.320. The van der Waals surface area contributed by atoms with E-state index in [2.05, 4.69) is 15.1 Å². The number of carbonyl (C=O) groups is 1. The van der Waals surface area contributed by atoms with Gasteiger partial charge in [-0.2, -0.15) is 0 Å². The number of rotatable bonds is 4. The van der Waals surface area contributed by atoms with Crippen LogP contribution in [0.25, 0.3) is 11.1 Å². The summed E-state index contributed by atoms with van der Waals surface area (Å²) in [6.45, 7) is 5.08. The molecule has 1 aliphatic rings. The van der Waals surface area contributed by atoms with Crippen molar-refractivity contribution >= 4 is 68.5 Å². The second-order valence-corrected chi connectivity index (χ2v) is 10.0. The van der Waals surface area contributed by atoms with Crippen molar-refractivity contribution in [2.24, 2.45) is 0 Å². The summed E-state index contributed by atoms with van der Waals surface area (Å²) in [5.74, 6) is -0.382. The Kier molecular flexibility index (Phi) is 7.44. The van der Waals surface area contributed by atoms with Crippen molar-refractivity contribution in [1.82, 2.24) is 4.90 Å². The minimum Gasteiger partial charge on any atom is -0.465 e. The molecular weight excluding hydrogens is 497 g/mol. The number of thiocarbonyl (C=S) groups is 1. The lowest BCUT2D eigenvalue weighted by atomic mass is 10.0. The summed E-state index contributed by atoms with van der Waals surface area (Å²) < 4.78 is 5.10. The normalized spacial score (nSPS) is 13.7. The van der Waals surface area contributed by atoms with Crippen LogP contribution in [0, 0.1) is 6.92 Å². The highest BCUT2D eigenvalue weighted by atomic mass is 35.5. The van der Waals surface area contributed by atoms with Crippen molar-refractivity contribution in [1.29, 1.82) is 0 Å². The highest BCUT2D eigenvalue weighted by molar-refractivity contribution is 7.80. The van der Waals surface area contributed by atoms with Crippen LogP contribution in [0.1, 0.15) is 15.2 Å². The summed E-state index contributed by atoms with van der Waals surface area (Å²) in [6.07, 6.45) is 0. The molecule has 1 aliphatic heterocycles. The summed E-state index contributed by atoms with van der Waals surface area (Å²) in [7, 11) is 1.40. The number of hydrogen-bond acceptors (Lipinski definition) is 5. The highest BCUT2D eigenvalue weighted by Crippen LogP contribution is 2.40. The Balaban J connectivity index is 1.50. The third kappa shape index (κ3) is 5.11. The van der Waals surface area contributed by atoms with E-state index in [9.17, 15) is 4.79 Å². The SMILES string of the molecule is COC(=O)c1c(NC(=S)N2CCN(c3ccc(Cl)c(Cl)c3)CC2)sc(C)c1-c1ccccc1. The average molecular weight is 521 g/mol. The average Bonchev–Trinajstić information content (AvgIpc) is 3.16. The molecule has 9 heteroatoms. The van der Waals surface area contributed by atoms with Crippen LogP contribution in [0.5, 0.6) is 0 Å². The van der Waals surface area contributed by atoms with Gasteiger partial charge in [-0.15, -0.1) is 11.3 Å². The van der Waals surface area contributed by atoms with Gasteiger partial charge in [0.05, 0.1) is 17.2 Å². The maximum Gasteiger partial charge on any atom is 0.341 e. The second-order valence-electron chi connectivity index (χ2n) is 7.60. The van der Waals surface area contributed by atoms with Gasteiger partial charge in [-0.25, -0.2) is 4.79 Å². The Bertz CT molecular complexity index is 1180. The van der Waals surface area contributed by atoms with E-state index in [0.29, 0.717) is 25.7 Å². The number of piperazine rings is 1. The molecule has 3 aromatic rings. The van der Waals surface area contributed by atoms with Crippen LogP contribution >= 0.6 is 46.8 Å². The minimum atomic E-state index is -0.382. The molecule has 0 saturated carbocycles. The predicted molar refractivity (Wildman–Crippen MR) is 142 cm³/mol. The summed E-state index contributed by atoms with van der Waals surface area (Å²) in [5.41, 5.74) is 3.41. The first kappa shape index (κ1) is 23.8. The maximum atomic E-state index is 12.7. The van der Waals surface area contributed by atoms with E-state index >= 15 is 0 Å². The van der Waals surface area contributed by atoms with Gasteiger partial charge >= 0.3 is 5.97 Å². The van der Waals surface area contributed by atoms with E-state index in [0.717, 1.165) is 47.9 Å². The third-order valence-corrected chi connectivity index (χ3v) is 7.71. The molecule has 2 aromatic carbocycles. The van der Waals surface area contributed by atoms with E-state index in [1.54, 1.807) is 0 Å². The van der Waals surface area contributed by atoms with Gasteiger partial charge in [0.2, 0.25) is 0 Å². The topological polar surface area (TPSA) is 44.8 Å². The molecule has 0 radical (unpaired) electrons. The Morgan fingerprint density at radius 2 is 1.76 bits per heavy atom. The molecule has 4 rings (SSSR count). The number of methoxy groups -OCH3 is 1. The summed E-state index contributed by atoms with van der Waals surface area (Å²) in [5, 5.41) is 5.71. The van der Waals surface area contributed by atoms with Gasteiger partial charge < -0.3 is 19.9 Å². The Hall–Kier alpha value is -2.32. The van der Waals surface area contributed by atoms with Crippen molar-refractivity contribution in [3.05, 3.63) is 69.0 Å². The first-order chi connectivity index (χ1) is 15.9. The molecule has 0 aliphatic carbocycles. The molecule has 33 heavy (non-hydrogen) atoms. The van der Waals surface area contributed by atoms with E-state index in [4.69, 9.17) is 40.2 Å². The number of ether oxygens (including phenoxy) is 1. The number of nitrogens with one attached hydrogen (secondary N) is 1. The number of hydrogen-bond donors (Lipinski definition) is 1. The largest absolute Gasteiger partial charge is 0.465 e. The van der Waals surface area contributed by atoms with Crippen LogP contribution in [0.3, 0.4) is 0 Å². The second kappa shape index (κ2) is 10.3.